The van der Waals surface area contributed by atoms with Crippen molar-refractivity contribution in [3.63, 3.8) is 0 Å². The van der Waals surface area contributed by atoms with Gasteiger partial charge in [-0.3, -0.25) is 0 Å². The number of hydrogen-bond acceptors (Lipinski definition) is 2. The maximum Gasteiger partial charge on any atom is 0.0366 e. The Morgan fingerprint density at radius 1 is 0.714 bits per heavy atom. The molecule has 0 spiro atoms. The molecule has 0 amide bonds. The van der Waals surface area contributed by atoms with Crippen molar-refractivity contribution < 1.29 is 0 Å². The van der Waals surface area contributed by atoms with E-state index in [1.807, 2.05) is 0 Å². The van der Waals surface area contributed by atoms with E-state index in [4.69, 9.17) is 0 Å². The summed E-state index contributed by atoms with van der Waals surface area (Å²) in [5.74, 6) is 0. The molecule has 0 unspecified atom stereocenters. The lowest BCUT2D eigenvalue weighted by molar-refractivity contribution is 0.762. The number of anilines is 2. The van der Waals surface area contributed by atoms with Gasteiger partial charge in [0, 0.05) is 38.6 Å². The van der Waals surface area contributed by atoms with Crippen molar-refractivity contribution in [3.8, 4) is 0 Å². The molecule has 0 aliphatic rings. The van der Waals surface area contributed by atoms with Gasteiger partial charge in [0.2, 0.25) is 0 Å². The fraction of sp³-hybridized carbons (Fsp3) is 0.368. The third-order valence-electron chi connectivity index (χ3n) is 3.87. The van der Waals surface area contributed by atoms with Gasteiger partial charge in [-0.15, -0.1) is 0 Å². The standard InChI is InChI=1S/C19H26N2/c1-16-8-5-10-18(14-16)20(3)12-7-13-21(4)19-11-6-9-17(2)15-19/h5-6,8-11,14-15H,7,12-13H2,1-4H3. The Balaban J connectivity index is 1.84. The van der Waals surface area contributed by atoms with Gasteiger partial charge in [0.1, 0.15) is 0 Å². The van der Waals surface area contributed by atoms with Gasteiger partial charge in [0.05, 0.1) is 0 Å². The van der Waals surface area contributed by atoms with E-state index in [-0.39, 0.29) is 0 Å². The minimum atomic E-state index is 1.07. The molecule has 0 bridgehead atoms. The lowest BCUT2D eigenvalue weighted by Gasteiger charge is -2.23. The third kappa shape index (κ3) is 4.52. The van der Waals surface area contributed by atoms with Crippen LogP contribution in [0.3, 0.4) is 0 Å². The highest BCUT2D eigenvalue weighted by molar-refractivity contribution is 5.48. The van der Waals surface area contributed by atoms with Crippen molar-refractivity contribution in [1.29, 1.82) is 0 Å². The first-order chi connectivity index (χ1) is 10.1. The van der Waals surface area contributed by atoms with Crippen molar-refractivity contribution in [1.82, 2.24) is 0 Å². The molecule has 2 heteroatoms. The summed E-state index contributed by atoms with van der Waals surface area (Å²) in [6, 6.07) is 17.4. The topological polar surface area (TPSA) is 6.48 Å². The second-order valence-electron chi connectivity index (χ2n) is 5.87. The molecule has 0 aliphatic heterocycles. The van der Waals surface area contributed by atoms with E-state index < -0.39 is 0 Å². The summed E-state index contributed by atoms with van der Waals surface area (Å²) in [6.45, 7) is 6.42. The quantitative estimate of drug-likeness (QED) is 0.781. The fourth-order valence-electron chi connectivity index (χ4n) is 2.53. The zero-order chi connectivity index (χ0) is 15.2. The van der Waals surface area contributed by atoms with Crippen LogP contribution in [0.25, 0.3) is 0 Å². The zero-order valence-corrected chi connectivity index (χ0v) is 13.6. The highest BCUT2D eigenvalue weighted by Gasteiger charge is 2.04. The van der Waals surface area contributed by atoms with Gasteiger partial charge in [-0.1, -0.05) is 24.3 Å². The number of benzene rings is 2. The normalized spacial score (nSPS) is 10.5. The van der Waals surface area contributed by atoms with E-state index in [1.165, 1.54) is 22.5 Å². The molecule has 0 aliphatic carbocycles. The molecule has 2 aromatic carbocycles. The molecule has 0 fully saturated rings. The molecule has 0 N–H and O–H groups in total. The Morgan fingerprint density at radius 2 is 1.14 bits per heavy atom. The molecule has 0 saturated carbocycles. The molecule has 0 saturated heterocycles. The predicted octanol–water partition coefficient (Wildman–Crippen LogP) is 4.27. The van der Waals surface area contributed by atoms with Gasteiger partial charge in [0.15, 0.2) is 0 Å². The Kier molecular flexibility index (Phi) is 5.26. The molecule has 0 heterocycles. The van der Waals surface area contributed by atoms with Crippen LogP contribution in [0, 0.1) is 13.8 Å². The van der Waals surface area contributed by atoms with Crippen LogP contribution >= 0.6 is 0 Å². The summed E-state index contributed by atoms with van der Waals surface area (Å²) >= 11 is 0. The van der Waals surface area contributed by atoms with E-state index in [2.05, 4.69) is 86.3 Å². The fourth-order valence-corrected chi connectivity index (χ4v) is 2.53. The van der Waals surface area contributed by atoms with Crippen LogP contribution in [0.4, 0.5) is 11.4 Å². The maximum atomic E-state index is 2.33. The SMILES string of the molecule is Cc1cccc(N(C)CCCN(C)c2cccc(C)c2)c1. The maximum absolute atomic E-state index is 2.33. The van der Waals surface area contributed by atoms with Crippen molar-refractivity contribution in [3.05, 3.63) is 59.7 Å². The number of nitrogens with zero attached hydrogens (tertiary/aromatic N) is 2. The van der Waals surface area contributed by atoms with Crippen LogP contribution in [0.5, 0.6) is 0 Å². The molecular weight excluding hydrogens is 256 g/mol. The molecule has 2 aromatic rings. The lowest BCUT2D eigenvalue weighted by Crippen LogP contribution is -2.25. The van der Waals surface area contributed by atoms with Crippen LogP contribution in [0.15, 0.2) is 48.5 Å². The highest BCUT2D eigenvalue weighted by Crippen LogP contribution is 2.16. The average Bonchev–Trinajstić information content (AvgIpc) is 2.47. The minimum Gasteiger partial charge on any atom is -0.375 e. The largest absolute Gasteiger partial charge is 0.375 e. The second kappa shape index (κ2) is 7.16. The first-order valence-corrected chi connectivity index (χ1v) is 7.62. The van der Waals surface area contributed by atoms with Crippen LogP contribution in [0.1, 0.15) is 17.5 Å². The molecule has 21 heavy (non-hydrogen) atoms. The molecule has 2 rings (SSSR count). The Labute approximate surface area is 129 Å². The van der Waals surface area contributed by atoms with Crippen LogP contribution < -0.4 is 9.80 Å². The molecule has 0 aromatic heterocycles. The molecule has 0 atom stereocenters. The molecular formula is C19H26N2. The first kappa shape index (κ1) is 15.4. The summed E-state index contributed by atoms with van der Waals surface area (Å²) in [6.07, 6.45) is 1.15. The summed E-state index contributed by atoms with van der Waals surface area (Å²) < 4.78 is 0. The second-order valence-corrected chi connectivity index (χ2v) is 5.87. The van der Waals surface area contributed by atoms with Crippen molar-refractivity contribution in [2.75, 3.05) is 37.0 Å². The van der Waals surface area contributed by atoms with E-state index in [0.717, 1.165) is 19.5 Å². The molecule has 2 nitrogen and oxygen atoms in total. The average molecular weight is 282 g/mol. The monoisotopic (exact) mass is 282 g/mol. The van der Waals surface area contributed by atoms with E-state index in [0.29, 0.717) is 0 Å². The number of aryl methyl sites for hydroxylation is 2. The summed E-state index contributed by atoms with van der Waals surface area (Å²) in [5.41, 5.74) is 5.23. The number of hydrogen-bond donors (Lipinski definition) is 0. The van der Waals surface area contributed by atoms with Crippen molar-refractivity contribution >= 4 is 11.4 Å². The van der Waals surface area contributed by atoms with E-state index in [1.54, 1.807) is 0 Å². The zero-order valence-electron chi connectivity index (χ0n) is 13.6. The van der Waals surface area contributed by atoms with Crippen LogP contribution in [-0.2, 0) is 0 Å². The summed E-state index contributed by atoms with van der Waals surface area (Å²) in [7, 11) is 4.34. The smallest absolute Gasteiger partial charge is 0.0366 e. The van der Waals surface area contributed by atoms with Gasteiger partial charge in [-0.2, -0.15) is 0 Å². The van der Waals surface area contributed by atoms with E-state index in [9.17, 15) is 0 Å². The molecule has 112 valence electrons. The van der Waals surface area contributed by atoms with Crippen molar-refractivity contribution in [2.24, 2.45) is 0 Å². The lowest BCUT2D eigenvalue weighted by atomic mass is 10.2. The highest BCUT2D eigenvalue weighted by atomic mass is 15.1. The predicted molar refractivity (Wildman–Crippen MR) is 93.5 cm³/mol. The summed E-state index contributed by atoms with van der Waals surface area (Å²) in [4.78, 5) is 4.66. The third-order valence-corrected chi connectivity index (χ3v) is 3.87. The van der Waals surface area contributed by atoms with Crippen LogP contribution in [-0.4, -0.2) is 27.2 Å². The van der Waals surface area contributed by atoms with E-state index >= 15 is 0 Å². The van der Waals surface area contributed by atoms with Gasteiger partial charge in [0.25, 0.3) is 0 Å². The Morgan fingerprint density at radius 3 is 1.52 bits per heavy atom. The Bertz CT molecular complexity index is 526. The van der Waals surface area contributed by atoms with Crippen LogP contribution in [0.2, 0.25) is 0 Å². The molecule has 0 radical (unpaired) electrons. The summed E-state index contributed by atoms with van der Waals surface area (Å²) in [5, 5.41) is 0. The van der Waals surface area contributed by atoms with Gasteiger partial charge in [-0.05, 0) is 55.7 Å². The Hall–Kier alpha value is -1.96. The van der Waals surface area contributed by atoms with Crippen molar-refractivity contribution in [2.45, 2.75) is 20.3 Å². The minimum absolute atomic E-state index is 1.07. The van der Waals surface area contributed by atoms with Gasteiger partial charge >= 0.3 is 0 Å². The van der Waals surface area contributed by atoms with Gasteiger partial charge in [-0.25, -0.2) is 0 Å². The number of rotatable bonds is 6. The first-order valence-electron chi connectivity index (χ1n) is 7.62. The van der Waals surface area contributed by atoms with Gasteiger partial charge < -0.3 is 9.80 Å².